The first-order chi connectivity index (χ1) is 9.51. The van der Waals surface area contributed by atoms with E-state index in [2.05, 4.69) is 56.1 Å². The number of hydrogen-bond donors (Lipinski definition) is 1. The number of aryl methyl sites for hydroxylation is 2. The lowest BCUT2D eigenvalue weighted by Gasteiger charge is -2.15. The summed E-state index contributed by atoms with van der Waals surface area (Å²) in [6, 6.07) is 10.7. The molecule has 1 aromatic heterocycles. The lowest BCUT2D eigenvalue weighted by atomic mass is 9.94. The van der Waals surface area contributed by atoms with Crippen molar-refractivity contribution in [2.24, 2.45) is 11.7 Å². The highest BCUT2D eigenvalue weighted by Gasteiger charge is 2.13. The Morgan fingerprint density at radius 3 is 2.35 bits per heavy atom. The summed E-state index contributed by atoms with van der Waals surface area (Å²) in [7, 11) is 0. The van der Waals surface area contributed by atoms with Crippen molar-refractivity contribution in [2.45, 2.75) is 34.1 Å². The second kappa shape index (κ2) is 6.19. The zero-order valence-electron chi connectivity index (χ0n) is 12.8. The van der Waals surface area contributed by atoms with Gasteiger partial charge in [-0.25, -0.2) is 0 Å². The van der Waals surface area contributed by atoms with Crippen LogP contribution in [0.2, 0.25) is 0 Å². The predicted molar refractivity (Wildman–Crippen MR) is 85.3 cm³/mol. The number of rotatable bonds is 4. The molecular weight excluding hydrogens is 244 g/mol. The summed E-state index contributed by atoms with van der Waals surface area (Å²) in [5.41, 5.74) is 12.7. The minimum absolute atomic E-state index is 0.564. The molecule has 0 amide bonds. The van der Waals surface area contributed by atoms with Crippen LogP contribution in [0.25, 0.3) is 11.1 Å². The topological polar surface area (TPSA) is 38.9 Å². The van der Waals surface area contributed by atoms with Crippen LogP contribution in [-0.4, -0.2) is 4.98 Å². The highest BCUT2D eigenvalue weighted by molar-refractivity contribution is 5.70. The molecule has 20 heavy (non-hydrogen) atoms. The Kier molecular flexibility index (Phi) is 4.56. The SMILES string of the molecule is Cc1ccc(-c2cc(C)nc(CC(C)C)c2[CH]N)cc1. The lowest BCUT2D eigenvalue weighted by Crippen LogP contribution is -2.08. The van der Waals surface area contributed by atoms with Crippen LogP contribution >= 0.6 is 0 Å². The molecule has 0 fully saturated rings. The van der Waals surface area contributed by atoms with Crippen LogP contribution in [0.3, 0.4) is 0 Å². The number of pyridine rings is 1. The van der Waals surface area contributed by atoms with Gasteiger partial charge in [0, 0.05) is 17.0 Å². The molecule has 105 valence electrons. The average molecular weight is 267 g/mol. The molecule has 2 N–H and O–H groups in total. The van der Waals surface area contributed by atoms with Gasteiger partial charge in [0.25, 0.3) is 0 Å². The largest absolute Gasteiger partial charge is 0.322 e. The standard InChI is InChI=1S/C18H23N2/c1-12(2)9-18-17(11-19)16(10-14(4)20-18)15-7-5-13(3)6-8-15/h5-8,10-12H,9,19H2,1-4H3. The number of nitrogens with two attached hydrogens (primary N) is 1. The van der Waals surface area contributed by atoms with Gasteiger partial charge in [0.1, 0.15) is 0 Å². The molecule has 2 heteroatoms. The zero-order chi connectivity index (χ0) is 14.7. The monoisotopic (exact) mass is 267 g/mol. The van der Waals surface area contributed by atoms with Crippen LogP contribution in [0.4, 0.5) is 0 Å². The number of nitrogens with zero attached hydrogens (tertiary/aromatic N) is 1. The Labute approximate surface area is 122 Å². The summed E-state index contributed by atoms with van der Waals surface area (Å²) in [6.45, 7) is 10.2. The van der Waals surface area contributed by atoms with Crippen molar-refractivity contribution in [1.29, 1.82) is 0 Å². The normalized spacial score (nSPS) is 11.1. The molecule has 0 unspecified atom stereocenters. The highest BCUT2D eigenvalue weighted by Crippen LogP contribution is 2.28. The van der Waals surface area contributed by atoms with E-state index in [4.69, 9.17) is 5.73 Å². The maximum atomic E-state index is 5.88. The molecule has 1 heterocycles. The average Bonchev–Trinajstić information content (AvgIpc) is 2.38. The van der Waals surface area contributed by atoms with Gasteiger partial charge in [0.05, 0.1) is 6.54 Å². The summed E-state index contributed by atoms with van der Waals surface area (Å²) in [6.07, 6.45) is 0.948. The van der Waals surface area contributed by atoms with Crippen LogP contribution in [-0.2, 0) is 6.42 Å². The van der Waals surface area contributed by atoms with Crippen LogP contribution < -0.4 is 5.73 Å². The van der Waals surface area contributed by atoms with E-state index in [0.29, 0.717) is 5.92 Å². The van der Waals surface area contributed by atoms with Gasteiger partial charge < -0.3 is 5.73 Å². The number of hydrogen-bond acceptors (Lipinski definition) is 2. The van der Waals surface area contributed by atoms with Crippen molar-refractivity contribution in [1.82, 2.24) is 4.98 Å². The van der Waals surface area contributed by atoms with Gasteiger partial charge in [-0.1, -0.05) is 43.7 Å². The van der Waals surface area contributed by atoms with E-state index in [1.54, 1.807) is 6.54 Å². The van der Waals surface area contributed by atoms with E-state index >= 15 is 0 Å². The van der Waals surface area contributed by atoms with E-state index in [1.165, 1.54) is 16.7 Å². The summed E-state index contributed by atoms with van der Waals surface area (Å²) in [4.78, 5) is 4.68. The fourth-order valence-corrected chi connectivity index (χ4v) is 2.45. The molecule has 0 aliphatic rings. The zero-order valence-corrected chi connectivity index (χ0v) is 12.8. The van der Waals surface area contributed by atoms with E-state index in [0.717, 1.165) is 23.4 Å². The Morgan fingerprint density at radius 2 is 1.80 bits per heavy atom. The fourth-order valence-electron chi connectivity index (χ4n) is 2.45. The maximum Gasteiger partial charge on any atom is 0.0516 e. The van der Waals surface area contributed by atoms with Crippen molar-refractivity contribution >= 4 is 0 Å². The molecule has 2 aromatic rings. The third-order valence-electron chi connectivity index (χ3n) is 3.40. The third-order valence-corrected chi connectivity index (χ3v) is 3.40. The van der Waals surface area contributed by atoms with Crippen molar-refractivity contribution in [2.75, 3.05) is 0 Å². The molecule has 0 aliphatic carbocycles. The predicted octanol–water partition coefficient (Wildman–Crippen LogP) is 4.03. The molecule has 0 bridgehead atoms. The summed E-state index contributed by atoms with van der Waals surface area (Å²) >= 11 is 0. The summed E-state index contributed by atoms with van der Waals surface area (Å²) in [5, 5.41) is 0. The number of aromatic nitrogens is 1. The second-order valence-corrected chi connectivity index (χ2v) is 5.80. The number of benzene rings is 1. The molecule has 2 rings (SSSR count). The molecular formula is C18H23N2. The van der Waals surface area contributed by atoms with E-state index in [1.807, 2.05) is 6.92 Å². The van der Waals surface area contributed by atoms with Gasteiger partial charge in [0.2, 0.25) is 0 Å². The van der Waals surface area contributed by atoms with Gasteiger partial charge in [-0.15, -0.1) is 0 Å². The van der Waals surface area contributed by atoms with E-state index in [9.17, 15) is 0 Å². The fraction of sp³-hybridized carbons (Fsp3) is 0.333. The first-order valence-corrected chi connectivity index (χ1v) is 7.13. The van der Waals surface area contributed by atoms with Crippen LogP contribution in [0.1, 0.15) is 36.4 Å². The smallest absolute Gasteiger partial charge is 0.0516 e. The van der Waals surface area contributed by atoms with Crippen molar-refractivity contribution in [3.63, 3.8) is 0 Å². The Hall–Kier alpha value is -1.67. The van der Waals surface area contributed by atoms with Gasteiger partial charge in [-0.05, 0) is 43.4 Å². The van der Waals surface area contributed by atoms with Gasteiger partial charge >= 0.3 is 0 Å². The molecule has 0 saturated carbocycles. The van der Waals surface area contributed by atoms with E-state index < -0.39 is 0 Å². The summed E-state index contributed by atoms with van der Waals surface area (Å²) < 4.78 is 0. The molecule has 0 atom stereocenters. The Bertz CT molecular complexity index is 583. The molecule has 0 aliphatic heterocycles. The van der Waals surface area contributed by atoms with Gasteiger partial charge in [0.15, 0.2) is 0 Å². The maximum absolute atomic E-state index is 5.88. The Balaban J connectivity index is 2.56. The minimum atomic E-state index is 0.564. The first kappa shape index (κ1) is 14.7. The minimum Gasteiger partial charge on any atom is -0.322 e. The van der Waals surface area contributed by atoms with Gasteiger partial charge in [-0.3, -0.25) is 4.98 Å². The van der Waals surface area contributed by atoms with Crippen LogP contribution in [0.15, 0.2) is 30.3 Å². The highest BCUT2D eigenvalue weighted by atomic mass is 14.7. The van der Waals surface area contributed by atoms with Crippen LogP contribution in [0.5, 0.6) is 0 Å². The molecule has 0 saturated heterocycles. The van der Waals surface area contributed by atoms with Crippen molar-refractivity contribution in [3.8, 4) is 11.1 Å². The third kappa shape index (κ3) is 3.26. The van der Waals surface area contributed by atoms with Crippen molar-refractivity contribution in [3.05, 3.63) is 59.4 Å². The van der Waals surface area contributed by atoms with Crippen LogP contribution in [0, 0.1) is 26.3 Å². The molecule has 1 radical (unpaired) electrons. The molecule has 1 aromatic carbocycles. The molecule has 2 nitrogen and oxygen atoms in total. The second-order valence-electron chi connectivity index (χ2n) is 5.80. The van der Waals surface area contributed by atoms with Crippen molar-refractivity contribution < 1.29 is 0 Å². The quantitative estimate of drug-likeness (QED) is 0.908. The van der Waals surface area contributed by atoms with E-state index in [-0.39, 0.29) is 0 Å². The Morgan fingerprint density at radius 1 is 1.15 bits per heavy atom. The first-order valence-electron chi connectivity index (χ1n) is 7.13. The molecule has 0 spiro atoms. The van der Waals surface area contributed by atoms with Gasteiger partial charge in [-0.2, -0.15) is 0 Å². The summed E-state index contributed by atoms with van der Waals surface area (Å²) in [5.74, 6) is 0.564. The lowest BCUT2D eigenvalue weighted by molar-refractivity contribution is 0.632.